The summed E-state index contributed by atoms with van der Waals surface area (Å²) in [6.45, 7) is -0.553. The first kappa shape index (κ1) is 12.8. The van der Waals surface area contributed by atoms with E-state index in [1.54, 1.807) is 5.32 Å². The maximum atomic E-state index is 13.1. The minimum Gasteiger partial charge on any atom is -0.374 e. The van der Waals surface area contributed by atoms with Crippen LogP contribution in [0.2, 0.25) is 0 Å². The first-order chi connectivity index (χ1) is 7.90. The van der Waals surface area contributed by atoms with Gasteiger partial charge < -0.3 is 11.1 Å². The molecule has 1 aromatic rings. The van der Waals surface area contributed by atoms with Crippen molar-refractivity contribution < 1.29 is 22.8 Å². The second-order valence-electron chi connectivity index (χ2n) is 3.02. The number of rotatable bonds is 3. The van der Waals surface area contributed by atoms with Gasteiger partial charge in [-0.05, 0) is 0 Å². The fourth-order valence-electron chi connectivity index (χ4n) is 1.04. The lowest BCUT2D eigenvalue weighted by Crippen LogP contribution is -2.38. The van der Waals surface area contributed by atoms with Crippen LogP contribution in [0, 0.1) is 17.5 Å². The lowest BCUT2D eigenvalue weighted by Gasteiger charge is -2.07. The van der Waals surface area contributed by atoms with Gasteiger partial charge in [0.1, 0.15) is 5.82 Å². The highest BCUT2D eigenvalue weighted by molar-refractivity contribution is 5.95. The molecule has 8 heteroatoms. The van der Waals surface area contributed by atoms with Gasteiger partial charge in [-0.3, -0.25) is 10.1 Å². The minimum absolute atomic E-state index is 0.365. The molecule has 0 heterocycles. The van der Waals surface area contributed by atoms with E-state index in [9.17, 15) is 22.8 Å². The molecule has 0 radical (unpaired) electrons. The number of amides is 3. The SMILES string of the molecule is NC(=O)NC(=O)CNc1cc(F)cc(F)c1F. The first-order valence-corrected chi connectivity index (χ1v) is 4.38. The van der Waals surface area contributed by atoms with E-state index in [0.717, 1.165) is 0 Å². The highest BCUT2D eigenvalue weighted by atomic mass is 19.2. The van der Waals surface area contributed by atoms with Crippen molar-refractivity contribution in [1.82, 2.24) is 5.32 Å². The Labute approximate surface area is 93.8 Å². The Kier molecular flexibility index (Phi) is 3.91. The van der Waals surface area contributed by atoms with Crippen LogP contribution in [0.4, 0.5) is 23.7 Å². The Bertz CT molecular complexity index is 465. The molecule has 0 spiro atoms. The highest BCUT2D eigenvalue weighted by Crippen LogP contribution is 2.18. The van der Waals surface area contributed by atoms with Crippen LogP contribution in [-0.2, 0) is 4.79 Å². The molecule has 5 nitrogen and oxygen atoms in total. The minimum atomic E-state index is -1.39. The molecule has 17 heavy (non-hydrogen) atoms. The van der Waals surface area contributed by atoms with E-state index in [1.165, 1.54) is 0 Å². The Morgan fingerprint density at radius 1 is 1.24 bits per heavy atom. The Morgan fingerprint density at radius 2 is 1.88 bits per heavy atom. The summed E-state index contributed by atoms with van der Waals surface area (Å²) in [6.07, 6.45) is 0. The van der Waals surface area contributed by atoms with Crippen molar-refractivity contribution in [2.45, 2.75) is 0 Å². The normalized spacial score (nSPS) is 9.82. The predicted octanol–water partition coefficient (Wildman–Crippen LogP) is 0.711. The molecule has 0 atom stereocenters. The number of primary amides is 1. The number of hydrogen-bond acceptors (Lipinski definition) is 3. The average molecular weight is 247 g/mol. The lowest BCUT2D eigenvalue weighted by molar-refractivity contribution is -0.118. The number of carbonyl (C=O) groups excluding carboxylic acids is 2. The quantitative estimate of drug-likeness (QED) is 0.688. The van der Waals surface area contributed by atoms with Crippen LogP contribution in [-0.4, -0.2) is 18.5 Å². The zero-order chi connectivity index (χ0) is 13.0. The van der Waals surface area contributed by atoms with Crippen LogP contribution in [0.3, 0.4) is 0 Å². The lowest BCUT2D eigenvalue weighted by atomic mass is 10.3. The summed E-state index contributed by atoms with van der Waals surface area (Å²) in [7, 11) is 0. The van der Waals surface area contributed by atoms with Crippen molar-refractivity contribution in [2.75, 3.05) is 11.9 Å². The summed E-state index contributed by atoms with van der Waals surface area (Å²) >= 11 is 0. The molecule has 0 fully saturated rings. The molecule has 1 rings (SSSR count). The van der Waals surface area contributed by atoms with Crippen LogP contribution in [0.25, 0.3) is 0 Å². The van der Waals surface area contributed by atoms with Crippen molar-refractivity contribution in [3.63, 3.8) is 0 Å². The fraction of sp³-hybridized carbons (Fsp3) is 0.111. The Morgan fingerprint density at radius 3 is 2.47 bits per heavy atom. The third-order valence-corrected chi connectivity index (χ3v) is 1.70. The zero-order valence-corrected chi connectivity index (χ0v) is 8.39. The molecular formula is C9H8F3N3O2. The first-order valence-electron chi connectivity index (χ1n) is 4.38. The Hall–Kier alpha value is -2.25. The van der Waals surface area contributed by atoms with Gasteiger partial charge in [-0.25, -0.2) is 18.0 Å². The summed E-state index contributed by atoms with van der Waals surface area (Å²) in [5.74, 6) is -4.57. The second-order valence-corrected chi connectivity index (χ2v) is 3.02. The number of nitrogens with one attached hydrogen (secondary N) is 2. The smallest absolute Gasteiger partial charge is 0.318 e. The molecular weight excluding hydrogens is 239 g/mol. The van der Waals surface area contributed by atoms with Crippen molar-refractivity contribution in [3.05, 3.63) is 29.6 Å². The van der Waals surface area contributed by atoms with Crippen LogP contribution >= 0.6 is 0 Å². The third kappa shape index (κ3) is 3.67. The highest BCUT2D eigenvalue weighted by Gasteiger charge is 2.12. The number of halogens is 3. The van der Waals surface area contributed by atoms with Gasteiger partial charge >= 0.3 is 6.03 Å². The largest absolute Gasteiger partial charge is 0.374 e. The van der Waals surface area contributed by atoms with E-state index in [1.807, 2.05) is 0 Å². The molecule has 0 aliphatic rings. The van der Waals surface area contributed by atoms with E-state index >= 15 is 0 Å². The molecule has 0 unspecified atom stereocenters. The number of imide groups is 1. The van der Waals surface area contributed by atoms with Crippen LogP contribution in [0.15, 0.2) is 12.1 Å². The number of hydrogen-bond donors (Lipinski definition) is 3. The fourth-order valence-corrected chi connectivity index (χ4v) is 1.04. The van der Waals surface area contributed by atoms with Crippen LogP contribution in [0.5, 0.6) is 0 Å². The number of urea groups is 1. The molecule has 0 saturated carbocycles. The summed E-state index contributed by atoms with van der Waals surface area (Å²) in [4.78, 5) is 21.2. The summed E-state index contributed by atoms with van der Waals surface area (Å²) in [5, 5.41) is 3.81. The zero-order valence-electron chi connectivity index (χ0n) is 8.39. The summed E-state index contributed by atoms with van der Waals surface area (Å²) in [5.41, 5.74) is 4.12. The van der Waals surface area contributed by atoms with Gasteiger partial charge in [0.25, 0.3) is 0 Å². The molecule has 0 aliphatic carbocycles. The number of anilines is 1. The third-order valence-electron chi connectivity index (χ3n) is 1.70. The van der Waals surface area contributed by atoms with E-state index in [-0.39, 0.29) is 0 Å². The van der Waals surface area contributed by atoms with Crippen molar-refractivity contribution in [3.8, 4) is 0 Å². The van der Waals surface area contributed by atoms with Crippen LogP contribution in [0.1, 0.15) is 0 Å². The molecule has 92 valence electrons. The standard InChI is InChI=1S/C9H8F3N3O2/c10-4-1-5(11)8(12)6(2-4)14-3-7(16)15-9(13)17/h1-2,14H,3H2,(H3,13,15,16,17). The van der Waals surface area contributed by atoms with Gasteiger partial charge in [0, 0.05) is 12.1 Å². The average Bonchev–Trinajstić information content (AvgIpc) is 2.20. The topological polar surface area (TPSA) is 84.2 Å². The number of carbonyl (C=O) groups is 2. The number of nitrogens with two attached hydrogens (primary N) is 1. The monoisotopic (exact) mass is 247 g/mol. The molecule has 0 saturated heterocycles. The van der Waals surface area contributed by atoms with E-state index in [4.69, 9.17) is 0 Å². The van der Waals surface area contributed by atoms with Crippen molar-refractivity contribution >= 4 is 17.6 Å². The molecule has 4 N–H and O–H groups in total. The van der Waals surface area contributed by atoms with Gasteiger partial charge in [-0.1, -0.05) is 0 Å². The molecule has 0 aliphatic heterocycles. The van der Waals surface area contributed by atoms with Crippen molar-refractivity contribution in [2.24, 2.45) is 5.73 Å². The van der Waals surface area contributed by atoms with Gasteiger partial charge in [-0.15, -0.1) is 0 Å². The molecule has 0 aromatic heterocycles. The maximum Gasteiger partial charge on any atom is 0.318 e. The van der Waals surface area contributed by atoms with Gasteiger partial charge in [0.15, 0.2) is 11.6 Å². The van der Waals surface area contributed by atoms with Crippen LogP contribution < -0.4 is 16.4 Å². The molecule has 0 bridgehead atoms. The van der Waals surface area contributed by atoms with Gasteiger partial charge in [-0.2, -0.15) is 0 Å². The molecule has 1 aromatic carbocycles. The summed E-state index contributed by atoms with van der Waals surface area (Å²) < 4.78 is 38.5. The van der Waals surface area contributed by atoms with E-state index in [0.29, 0.717) is 12.1 Å². The van der Waals surface area contributed by atoms with E-state index < -0.39 is 41.6 Å². The van der Waals surface area contributed by atoms with E-state index in [2.05, 4.69) is 11.1 Å². The van der Waals surface area contributed by atoms with Gasteiger partial charge in [0.2, 0.25) is 5.91 Å². The predicted molar refractivity (Wildman–Crippen MR) is 52.5 cm³/mol. The summed E-state index contributed by atoms with van der Waals surface area (Å²) in [6, 6.07) is -0.0392. The second kappa shape index (κ2) is 5.19. The van der Waals surface area contributed by atoms with Gasteiger partial charge in [0.05, 0.1) is 12.2 Å². The Balaban J connectivity index is 2.69. The number of benzene rings is 1. The molecule has 3 amide bonds. The van der Waals surface area contributed by atoms with Crippen molar-refractivity contribution in [1.29, 1.82) is 0 Å². The maximum absolute atomic E-state index is 13.1.